The molecule has 1 aliphatic rings. The van der Waals surface area contributed by atoms with Crippen LogP contribution in [-0.4, -0.2) is 42.8 Å². The Bertz CT molecular complexity index is 1220. The summed E-state index contributed by atoms with van der Waals surface area (Å²) in [6.45, 7) is 3.56. The first-order valence-corrected chi connectivity index (χ1v) is 11.3. The van der Waals surface area contributed by atoms with Gasteiger partial charge in [0.15, 0.2) is 0 Å². The molecule has 0 saturated carbocycles. The number of likely N-dealkylation sites (N-methyl/N-ethyl adjacent to an activating group) is 1. The number of amides is 3. The number of carbonyl (C=O) groups excluding carboxylic acids is 2. The lowest BCUT2D eigenvalue weighted by molar-refractivity contribution is -0.117. The zero-order chi connectivity index (χ0) is 24.2. The largest absolute Gasteiger partial charge is 0.358 e. The van der Waals surface area contributed by atoms with Crippen molar-refractivity contribution in [3.63, 3.8) is 0 Å². The van der Waals surface area contributed by atoms with Gasteiger partial charge in [-0.1, -0.05) is 35.9 Å². The van der Waals surface area contributed by atoms with Gasteiger partial charge in [-0.15, -0.1) is 0 Å². The van der Waals surface area contributed by atoms with Gasteiger partial charge in [-0.3, -0.25) is 14.7 Å². The molecule has 1 aliphatic heterocycles. The van der Waals surface area contributed by atoms with E-state index in [9.17, 15) is 9.59 Å². The summed E-state index contributed by atoms with van der Waals surface area (Å²) < 4.78 is 0. The first-order valence-electron chi connectivity index (χ1n) is 10.9. The third-order valence-corrected chi connectivity index (χ3v) is 6.05. The van der Waals surface area contributed by atoms with Gasteiger partial charge < -0.3 is 16.0 Å². The summed E-state index contributed by atoms with van der Waals surface area (Å²) in [5.41, 5.74) is 9.38. The van der Waals surface area contributed by atoms with E-state index in [4.69, 9.17) is 17.3 Å². The first kappa shape index (κ1) is 23.3. The normalized spacial score (nSPS) is 13.9. The lowest BCUT2D eigenvalue weighted by Crippen LogP contribution is -2.44. The van der Waals surface area contributed by atoms with Crippen LogP contribution in [0.1, 0.15) is 22.7 Å². The lowest BCUT2D eigenvalue weighted by Gasteiger charge is -2.31. The minimum absolute atomic E-state index is 0.383. The number of urea groups is 1. The molecule has 34 heavy (non-hydrogen) atoms. The van der Waals surface area contributed by atoms with Gasteiger partial charge in [-0.05, 0) is 66.6 Å². The van der Waals surface area contributed by atoms with Crippen molar-refractivity contribution < 1.29 is 9.59 Å². The second kappa shape index (κ2) is 9.97. The highest BCUT2D eigenvalue weighted by Crippen LogP contribution is 2.31. The van der Waals surface area contributed by atoms with E-state index < -0.39 is 12.1 Å². The molecule has 3 N–H and O–H groups in total. The number of primary amides is 1. The topological polar surface area (TPSA) is 91.0 Å². The molecule has 3 aromatic rings. The highest BCUT2D eigenvalue weighted by molar-refractivity contribution is 6.30. The number of aryl methyl sites for hydroxylation is 1. The van der Waals surface area contributed by atoms with E-state index in [0.717, 1.165) is 30.1 Å². The van der Waals surface area contributed by atoms with Crippen molar-refractivity contribution in [3.05, 3.63) is 94.5 Å². The third-order valence-electron chi connectivity index (χ3n) is 5.80. The predicted molar refractivity (Wildman–Crippen MR) is 137 cm³/mol. The Hall–Kier alpha value is -3.84. The zero-order valence-electron chi connectivity index (χ0n) is 19.0. The number of rotatable bonds is 6. The molecule has 0 aliphatic carbocycles. The summed E-state index contributed by atoms with van der Waals surface area (Å²) in [4.78, 5) is 34.1. The Morgan fingerprint density at radius 3 is 2.32 bits per heavy atom. The molecule has 3 amide bonds. The number of amidine groups is 1. The van der Waals surface area contributed by atoms with Crippen molar-refractivity contribution in [1.82, 2.24) is 4.90 Å². The molecule has 1 unspecified atom stereocenters. The van der Waals surface area contributed by atoms with Gasteiger partial charge >= 0.3 is 6.03 Å². The molecule has 0 bridgehead atoms. The third kappa shape index (κ3) is 4.89. The lowest BCUT2D eigenvalue weighted by atomic mass is 9.98. The summed E-state index contributed by atoms with van der Waals surface area (Å²) in [5, 5.41) is 3.46. The van der Waals surface area contributed by atoms with E-state index in [1.54, 1.807) is 24.3 Å². The van der Waals surface area contributed by atoms with Crippen molar-refractivity contribution in [3.8, 4) is 0 Å². The van der Waals surface area contributed by atoms with Crippen molar-refractivity contribution >= 4 is 40.7 Å². The van der Waals surface area contributed by atoms with Crippen LogP contribution in [-0.2, 0) is 4.79 Å². The van der Waals surface area contributed by atoms with E-state index in [-0.39, 0.29) is 5.91 Å². The highest BCUT2D eigenvalue weighted by Gasteiger charge is 2.33. The quantitative estimate of drug-likeness (QED) is 0.545. The molecule has 1 heterocycles. The average molecular weight is 476 g/mol. The molecule has 4 rings (SSSR count). The van der Waals surface area contributed by atoms with E-state index in [2.05, 4.69) is 15.2 Å². The maximum absolute atomic E-state index is 13.6. The van der Waals surface area contributed by atoms with Crippen molar-refractivity contribution in [2.24, 2.45) is 10.7 Å². The number of nitrogens with zero attached hydrogens (tertiary/aromatic N) is 3. The molecule has 0 spiro atoms. The van der Waals surface area contributed by atoms with Crippen LogP contribution in [0.5, 0.6) is 0 Å². The van der Waals surface area contributed by atoms with E-state index in [1.807, 2.05) is 62.5 Å². The monoisotopic (exact) mass is 475 g/mol. The van der Waals surface area contributed by atoms with E-state index in [1.165, 1.54) is 4.90 Å². The van der Waals surface area contributed by atoms with Gasteiger partial charge in [0.25, 0.3) is 5.91 Å². The van der Waals surface area contributed by atoms with Crippen molar-refractivity contribution in [1.29, 1.82) is 0 Å². The van der Waals surface area contributed by atoms with Crippen molar-refractivity contribution in [2.75, 3.05) is 30.4 Å². The average Bonchev–Trinajstić information content (AvgIpc) is 3.25. The molecule has 8 heteroatoms. The first-order chi connectivity index (χ1) is 16.3. The maximum atomic E-state index is 13.6. The van der Waals surface area contributed by atoms with Crippen LogP contribution in [0.2, 0.25) is 5.02 Å². The summed E-state index contributed by atoms with van der Waals surface area (Å²) >= 11 is 6.03. The predicted octanol–water partition coefficient (Wildman–Crippen LogP) is 4.61. The van der Waals surface area contributed by atoms with Crippen LogP contribution in [0.15, 0.2) is 77.8 Å². The van der Waals surface area contributed by atoms with E-state index >= 15 is 0 Å². The molecular formula is C26H26ClN5O2. The van der Waals surface area contributed by atoms with Crippen LogP contribution in [0.4, 0.5) is 16.2 Å². The molecule has 0 fully saturated rings. The summed E-state index contributed by atoms with van der Waals surface area (Å²) in [6, 6.07) is 19.8. The Balaban J connectivity index is 1.67. The number of anilines is 2. The van der Waals surface area contributed by atoms with Gasteiger partial charge in [-0.25, -0.2) is 4.79 Å². The molecule has 0 saturated heterocycles. The van der Waals surface area contributed by atoms with Gasteiger partial charge in [0.05, 0.1) is 6.54 Å². The Labute approximate surface area is 203 Å². The van der Waals surface area contributed by atoms with Crippen LogP contribution in [0, 0.1) is 6.92 Å². The number of hydrogen-bond acceptors (Lipinski definition) is 4. The number of aliphatic imine (C=N–C) groups is 1. The highest BCUT2D eigenvalue weighted by atomic mass is 35.5. The molecule has 3 aromatic carbocycles. The number of hydrogen-bond donors (Lipinski definition) is 2. The fraction of sp³-hybridized carbons (Fsp3) is 0.192. The van der Waals surface area contributed by atoms with Gasteiger partial charge in [0.2, 0.25) is 0 Å². The number of nitrogens with one attached hydrogen (secondary N) is 1. The SMILES string of the molecule is Cc1ccccc1C(C(=O)Nc1ccc(C2=NCCN2C)cc1)N(C(N)=O)c1ccc(Cl)cc1. The second-order valence-corrected chi connectivity index (χ2v) is 8.57. The van der Waals surface area contributed by atoms with Crippen LogP contribution in [0.3, 0.4) is 0 Å². The zero-order valence-corrected chi connectivity index (χ0v) is 19.8. The fourth-order valence-electron chi connectivity index (χ4n) is 4.05. The number of nitrogens with two attached hydrogens (primary N) is 1. The molecular weight excluding hydrogens is 450 g/mol. The molecule has 0 aromatic heterocycles. The molecule has 0 radical (unpaired) electrons. The Morgan fingerprint density at radius 1 is 1.06 bits per heavy atom. The minimum atomic E-state index is -0.982. The van der Waals surface area contributed by atoms with Crippen LogP contribution >= 0.6 is 11.6 Å². The van der Waals surface area contributed by atoms with Crippen molar-refractivity contribution in [2.45, 2.75) is 13.0 Å². The summed E-state index contributed by atoms with van der Waals surface area (Å²) in [6.07, 6.45) is 0. The number of halogens is 1. The van der Waals surface area contributed by atoms with E-state index in [0.29, 0.717) is 22.0 Å². The van der Waals surface area contributed by atoms with Crippen LogP contribution in [0.25, 0.3) is 0 Å². The standard InChI is InChI=1S/C26H26ClN5O2/c1-17-5-3-4-6-22(17)23(32(26(28)34)21-13-9-19(27)10-14-21)25(33)30-20-11-7-18(8-12-20)24-29-15-16-31(24)2/h3-14,23H,15-16H2,1-2H3,(H2,28,34)(H,30,33). The molecule has 1 atom stereocenters. The Kier molecular flexibility index (Phi) is 6.84. The van der Waals surface area contributed by atoms with Gasteiger partial charge in [-0.2, -0.15) is 0 Å². The van der Waals surface area contributed by atoms with Gasteiger partial charge in [0, 0.05) is 35.6 Å². The number of carbonyl (C=O) groups is 2. The van der Waals surface area contributed by atoms with Crippen LogP contribution < -0.4 is 16.0 Å². The minimum Gasteiger partial charge on any atom is -0.358 e. The smallest absolute Gasteiger partial charge is 0.320 e. The summed E-state index contributed by atoms with van der Waals surface area (Å²) in [5.74, 6) is 0.546. The molecule has 174 valence electrons. The number of benzene rings is 3. The molecule has 7 nitrogen and oxygen atoms in total. The fourth-order valence-corrected chi connectivity index (χ4v) is 4.18. The maximum Gasteiger partial charge on any atom is 0.320 e. The van der Waals surface area contributed by atoms with Gasteiger partial charge in [0.1, 0.15) is 11.9 Å². The Morgan fingerprint density at radius 2 is 1.74 bits per heavy atom. The second-order valence-electron chi connectivity index (χ2n) is 8.14. The summed E-state index contributed by atoms with van der Waals surface area (Å²) in [7, 11) is 2.00.